The molecular formula is C12H28NO3PS. The molecule has 0 spiro atoms. The molecule has 0 fully saturated rings. The van der Waals surface area contributed by atoms with Crippen molar-refractivity contribution in [3.05, 3.63) is 0 Å². The number of nitrogens with zero attached hydrogens (tertiary/aromatic N) is 1. The van der Waals surface area contributed by atoms with Gasteiger partial charge in [-0.15, -0.1) is 0 Å². The van der Waals surface area contributed by atoms with Crippen molar-refractivity contribution in [3.63, 3.8) is 0 Å². The quantitative estimate of drug-likeness (QED) is 0.569. The highest BCUT2D eigenvalue weighted by atomic mass is 32.7. The molecule has 0 aromatic rings. The highest BCUT2D eigenvalue weighted by Gasteiger charge is 2.25. The summed E-state index contributed by atoms with van der Waals surface area (Å²) in [5.74, 6) is 0.758. The number of hydrogen-bond acceptors (Lipinski definition) is 5. The van der Waals surface area contributed by atoms with Crippen LogP contribution in [-0.4, -0.2) is 42.5 Å². The third-order valence-electron chi connectivity index (χ3n) is 2.50. The van der Waals surface area contributed by atoms with Gasteiger partial charge in [0.05, 0.1) is 13.2 Å². The number of rotatable bonds is 10. The summed E-state index contributed by atoms with van der Waals surface area (Å²) in [6, 6.07) is 0.980. The van der Waals surface area contributed by atoms with Crippen LogP contribution in [0.2, 0.25) is 0 Å². The summed E-state index contributed by atoms with van der Waals surface area (Å²) in [5, 5.41) is 0. The van der Waals surface area contributed by atoms with E-state index >= 15 is 0 Å². The molecule has 0 N–H and O–H groups in total. The molecule has 0 rings (SSSR count). The molecule has 0 aromatic carbocycles. The first-order valence-corrected chi connectivity index (χ1v) is 9.79. The van der Waals surface area contributed by atoms with Gasteiger partial charge in [0, 0.05) is 24.4 Å². The van der Waals surface area contributed by atoms with Gasteiger partial charge in [0.25, 0.3) is 0 Å². The lowest BCUT2D eigenvalue weighted by atomic mass is 10.2. The summed E-state index contributed by atoms with van der Waals surface area (Å²) >= 11 is 1.31. The first kappa shape index (κ1) is 18.5. The topological polar surface area (TPSA) is 38.8 Å². The fourth-order valence-corrected chi connectivity index (χ4v) is 5.17. The molecule has 0 unspecified atom stereocenters. The van der Waals surface area contributed by atoms with Gasteiger partial charge in [-0.05, 0) is 52.9 Å². The van der Waals surface area contributed by atoms with E-state index in [2.05, 4.69) is 32.6 Å². The zero-order valence-corrected chi connectivity index (χ0v) is 14.2. The molecule has 6 heteroatoms. The van der Waals surface area contributed by atoms with Crippen LogP contribution in [0.3, 0.4) is 0 Å². The molecular weight excluding hydrogens is 269 g/mol. The minimum Gasteiger partial charge on any atom is -0.301 e. The summed E-state index contributed by atoms with van der Waals surface area (Å²) in [5.41, 5.74) is 0. The molecule has 0 aliphatic carbocycles. The van der Waals surface area contributed by atoms with Crippen molar-refractivity contribution in [2.45, 2.75) is 53.6 Å². The van der Waals surface area contributed by atoms with Crippen molar-refractivity contribution in [2.75, 3.05) is 25.5 Å². The van der Waals surface area contributed by atoms with E-state index in [4.69, 9.17) is 9.05 Å². The molecule has 0 heterocycles. The zero-order chi connectivity index (χ0) is 14.2. The Bertz CT molecular complexity index is 244. The lowest BCUT2D eigenvalue weighted by Crippen LogP contribution is -2.38. The third-order valence-corrected chi connectivity index (χ3v) is 6.46. The predicted molar refractivity (Wildman–Crippen MR) is 80.3 cm³/mol. The van der Waals surface area contributed by atoms with E-state index in [1.54, 1.807) is 0 Å². The molecule has 0 radical (unpaired) electrons. The molecule has 0 atom stereocenters. The Hall–Kier alpha value is 0.460. The number of hydrogen-bond donors (Lipinski definition) is 0. The third kappa shape index (κ3) is 7.15. The van der Waals surface area contributed by atoms with E-state index in [-0.39, 0.29) is 0 Å². The van der Waals surface area contributed by atoms with Gasteiger partial charge in [-0.25, -0.2) is 4.57 Å². The molecule has 0 saturated heterocycles. The maximum Gasteiger partial charge on any atom is 0.389 e. The molecule has 0 aliphatic heterocycles. The second-order valence-corrected chi connectivity index (χ2v) is 8.73. The zero-order valence-electron chi connectivity index (χ0n) is 12.5. The minimum atomic E-state index is -2.95. The predicted octanol–water partition coefficient (Wildman–Crippen LogP) is 4.02. The minimum absolute atomic E-state index is 0.419. The van der Waals surface area contributed by atoms with Crippen LogP contribution in [0.1, 0.15) is 41.5 Å². The Kier molecular flexibility index (Phi) is 9.62. The first-order chi connectivity index (χ1) is 8.36. The summed E-state index contributed by atoms with van der Waals surface area (Å²) in [6.07, 6.45) is 0. The van der Waals surface area contributed by atoms with E-state index in [0.29, 0.717) is 25.3 Å². The first-order valence-electron chi connectivity index (χ1n) is 6.65. The van der Waals surface area contributed by atoms with Gasteiger partial charge in [-0.3, -0.25) is 4.90 Å². The lowest BCUT2D eigenvalue weighted by Gasteiger charge is -2.30. The largest absolute Gasteiger partial charge is 0.389 e. The van der Waals surface area contributed by atoms with Crippen LogP contribution in [0.4, 0.5) is 0 Å². The molecule has 0 aromatic heterocycles. The van der Waals surface area contributed by atoms with Gasteiger partial charge < -0.3 is 9.05 Å². The molecule has 18 heavy (non-hydrogen) atoms. The Balaban J connectivity index is 4.24. The van der Waals surface area contributed by atoms with Crippen LogP contribution in [0, 0.1) is 0 Å². The monoisotopic (exact) mass is 297 g/mol. The molecule has 4 nitrogen and oxygen atoms in total. The lowest BCUT2D eigenvalue weighted by molar-refractivity contribution is 0.187. The van der Waals surface area contributed by atoms with Crippen LogP contribution in [0.15, 0.2) is 0 Å². The Morgan fingerprint density at radius 1 is 1.06 bits per heavy atom. The second-order valence-electron chi connectivity index (χ2n) is 4.54. The van der Waals surface area contributed by atoms with Crippen LogP contribution >= 0.6 is 18.2 Å². The molecule has 0 bridgehead atoms. The van der Waals surface area contributed by atoms with Crippen molar-refractivity contribution in [3.8, 4) is 0 Å². The van der Waals surface area contributed by atoms with E-state index < -0.39 is 6.80 Å². The molecule has 110 valence electrons. The van der Waals surface area contributed by atoms with Crippen LogP contribution in [-0.2, 0) is 13.6 Å². The molecule has 0 saturated carbocycles. The highest BCUT2D eigenvalue weighted by molar-refractivity contribution is 8.55. The molecule has 0 amide bonds. The average Bonchev–Trinajstić information content (AvgIpc) is 2.24. The van der Waals surface area contributed by atoms with E-state index in [1.807, 2.05) is 13.8 Å². The Morgan fingerprint density at radius 2 is 1.50 bits per heavy atom. The average molecular weight is 297 g/mol. The van der Waals surface area contributed by atoms with Crippen molar-refractivity contribution in [1.29, 1.82) is 0 Å². The fraction of sp³-hybridized carbons (Fsp3) is 1.00. The van der Waals surface area contributed by atoms with Crippen molar-refractivity contribution < 1.29 is 13.6 Å². The van der Waals surface area contributed by atoms with Gasteiger partial charge in [0.2, 0.25) is 0 Å². The van der Waals surface area contributed by atoms with Crippen LogP contribution in [0.25, 0.3) is 0 Å². The summed E-state index contributed by atoms with van der Waals surface area (Å²) in [4.78, 5) is 2.37. The van der Waals surface area contributed by atoms with E-state index in [0.717, 1.165) is 12.3 Å². The summed E-state index contributed by atoms with van der Waals surface area (Å²) in [6.45, 7) is 11.2. The Morgan fingerprint density at radius 3 is 1.83 bits per heavy atom. The summed E-state index contributed by atoms with van der Waals surface area (Å²) in [7, 11) is 0. The van der Waals surface area contributed by atoms with Crippen molar-refractivity contribution in [2.24, 2.45) is 0 Å². The van der Waals surface area contributed by atoms with Crippen molar-refractivity contribution >= 4 is 18.2 Å². The second kappa shape index (κ2) is 9.38. The SMILES string of the molecule is CCOP(=O)(OCC)SCCN(C(C)C)C(C)C. The van der Waals surface area contributed by atoms with Gasteiger partial charge in [0.1, 0.15) is 0 Å². The normalized spacial score (nSPS) is 12.9. The maximum atomic E-state index is 12.2. The van der Waals surface area contributed by atoms with Crippen molar-refractivity contribution in [1.82, 2.24) is 4.90 Å². The maximum absolute atomic E-state index is 12.2. The van der Waals surface area contributed by atoms with Gasteiger partial charge in [-0.1, -0.05) is 0 Å². The summed E-state index contributed by atoms with van der Waals surface area (Å²) < 4.78 is 22.7. The van der Waals surface area contributed by atoms with E-state index in [1.165, 1.54) is 11.4 Å². The van der Waals surface area contributed by atoms with Gasteiger partial charge >= 0.3 is 6.80 Å². The highest BCUT2D eigenvalue weighted by Crippen LogP contribution is 2.60. The van der Waals surface area contributed by atoms with Crippen LogP contribution < -0.4 is 0 Å². The molecule has 0 aliphatic rings. The van der Waals surface area contributed by atoms with Crippen LogP contribution in [0.5, 0.6) is 0 Å². The fourth-order valence-electron chi connectivity index (χ4n) is 1.80. The van der Waals surface area contributed by atoms with Gasteiger partial charge in [0.15, 0.2) is 0 Å². The van der Waals surface area contributed by atoms with Gasteiger partial charge in [-0.2, -0.15) is 0 Å². The Labute approximate surface area is 116 Å². The smallest absolute Gasteiger partial charge is 0.301 e. The van der Waals surface area contributed by atoms with E-state index in [9.17, 15) is 4.57 Å². The standard InChI is InChI=1S/C12H28NO3PS/c1-7-15-17(14,16-8-2)18-10-9-13(11(3)4)12(5)6/h11-12H,7-10H2,1-6H3.